The molecular weight excluding hydrogens is 246 g/mol. The van der Waals surface area contributed by atoms with Crippen molar-refractivity contribution in [2.45, 2.75) is 12.8 Å². The predicted octanol–water partition coefficient (Wildman–Crippen LogP) is 0.312. The summed E-state index contributed by atoms with van der Waals surface area (Å²) < 4.78 is 0. The van der Waals surface area contributed by atoms with E-state index in [4.69, 9.17) is 11.5 Å². The van der Waals surface area contributed by atoms with Gasteiger partial charge in [0.15, 0.2) is 5.75 Å². The molecule has 1 heterocycles. The van der Waals surface area contributed by atoms with Crippen LogP contribution >= 0.6 is 0 Å². The molecule has 0 aromatic heterocycles. The van der Waals surface area contributed by atoms with E-state index in [-0.39, 0.29) is 34.7 Å². The Hall–Kier alpha value is -2.24. The van der Waals surface area contributed by atoms with Gasteiger partial charge < -0.3 is 21.5 Å². The number of nitrogen functional groups attached to an aromatic ring is 1. The summed E-state index contributed by atoms with van der Waals surface area (Å²) in [6.07, 6.45) is 1.12. The highest BCUT2D eigenvalue weighted by molar-refractivity contribution is 5.98. The molecule has 0 spiro atoms. The number of para-hydroxylation sites is 1. The molecule has 0 atom stereocenters. The van der Waals surface area contributed by atoms with E-state index in [1.807, 2.05) is 0 Å². The average molecular weight is 263 g/mol. The normalized spacial score (nSPS) is 16.3. The van der Waals surface area contributed by atoms with Gasteiger partial charge in [-0.1, -0.05) is 6.07 Å². The van der Waals surface area contributed by atoms with Crippen LogP contribution in [0.1, 0.15) is 23.2 Å². The Labute approximate surface area is 111 Å². The molecule has 1 saturated heterocycles. The summed E-state index contributed by atoms with van der Waals surface area (Å²) in [5.74, 6) is -0.949. The number of carbonyl (C=O) groups excluding carboxylic acids is 2. The van der Waals surface area contributed by atoms with Gasteiger partial charge in [-0.3, -0.25) is 9.59 Å². The molecule has 1 aromatic rings. The van der Waals surface area contributed by atoms with Crippen LogP contribution in [-0.2, 0) is 4.79 Å². The highest BCUT2D eigenvalue weighted by Gasteiger charge is 2.27. The molecule has 0 unspecified atom stereocenters. The van der Waals surface area contributed by atoms with Crippen molar-refractivity contribution in [1.29, 1.82) is 0 Å². The molecule has 2 rings (SSSR count). The lowest BCUT2D eigenvalue weighted by Gasteiger charge is -2.30. The van der Waals surface area contributed by atoms with Crippen molar-refractivity contribution in [3.8, 4) is 5.75 Å². The Bertz CT molecular complexity index is 508. The van der Waals surface area contributed by atoms with E-state index in [1.165, 1.54) is 12.1 Å². The van der Waals surface area contributed by atoms with Gasteiger partial charge in [-0.15, -0.1) is 0 Å². The van der Waals surface area contributed by atoms with Gasteiger partial charge in [-0.2, -0.15) is 0 Å². The molecule has 2 amide bonds. The molecule has 6 nitrogen and oxygen atoms in total. The zero-order chi connectivity index (χ0) is 14.0. The molecular formula is C13H17N3O3. The van der Waals surface area contributed by atoms with Gasteiger partial charge in [0.2, 0.25) is 5.91 Å². The number of nitrogens with two attached hydrogens (primary N) is 2. The Kier molecular flexibility index (Phi) is 3.59. The molecule has 0 bridgehead atoms. The number of rotatable bonds is 2. The van der Waals surface area contributed by atoms with Crippen molar-refractivity contribution in [3.05, 3.63) is 23.8 Å². The van der Waals surface area contributed by atoms with Gasteiger partial charge in [0.25, 0.3) is 5.91 Å². The topological polar surface area (TPSA) is 110 Å². The first-order valence-electron chi connectivity index (χ1n) is 6.16. The third-order valence-corrected chi connectivity index (χ3v) is 3.48. The monoisotopic (exact) mass is 263 g/mol. The third-order valence-electron chi connectivity index (χ3n) is 3.48. The van der Waals surface area contributed by atoms with Crippen LogP contribution < -0.4 is 11.5 Å². The van der Waals surface area contributed by atoms with Crippen molar-refractivity contribution in [3.63, 3.8) is 0 Å². The molecule has 0 aliphatic carbocycles. The average Bonchev–Trinajstić information content (AvgIpc) is 2.41. The molecule has 19 heavy (non-hydrogen) atoms. The molecule has 5 N–H and O–H groups in total. The minimum Gasteiger partial charge on any atom is -0.505 e. The summed E-state index contributed by atoms with van der Waals surface area (Å²) in [4.78, 5) is 24.9. The number of likely N-dealkylation sites (tertiary alicyclic amines) is 1. The molecule has 6 heteroatoms. The SMILES string of the molecule is NC(=O)C1CCN(C(=O)c2cccc(N)c2O)CC1. The highest BCUT2D eigenvalue weighted by atomic mass is 16.3. The number of hydrogen-bond acceptors (Lipinski definition) is 4. The summed E-state index contributed by atoms with van der Waals surface area (Å²) in [5.41, 5.74) is 11.2. The van der Waals surface area contributed by atoms with Crippen LogP contribution in [0.15, 0.2) is 18.2 Å². The van der Waals surface area contributed by atoms with Crippen LogP contribution in [0.5, 0.6) is 5.75 Å². The first-order valence-corrected chi connectivity index (χ1v) is 6.16. The van der Waals surface area contributed by atoms with Crippen LogP contribution in [0, 0.1) is 5.92 Å². The standard InChI is InChI=1S/C13H17N3O3/c14-10-3-1-2-9(11(10)17)13(19)16-6-4-8(5-7-16)12(15)18/h1-3,8,17H,4-7,14H2,(H2,15,18). The van der Waals surface area contributed by atoms with E-state index < -0.39 is 0 Å². The van der Waals surface area contributed by atoms with Crippen LogP contribution in [-0.4, -0.2) is 34.9 Å². The lowest BCUT2D eigenvalue weighted by atomic mass is 9.96. The van der Waals surface area contributed by atoms with Crippen molar-refractivity contribution < 1.29 is 14.7 Å². The van der Waals surface area contributed by atoms with E-state index >= 15 is 0 Å². The van der Waals surface area contributed by atoms with E-state index in [1.54, 1.807) is 11.0 Å². The zero-order valence-electron chi connectivity index (χ0n) is 10.5. The van der Waals surface area contributed by atoms with Gasteiger partial charge in [0, 0.05) is 19.0 Å². The molecule has 1 aromatic carbocycles. The van der Waals surface area contributed by atoms with Crippen LogP contribution in [0.2, 0.25) is 0 Å². The first-order chi connectivity index (χ1) is 9.00. The molecule has 1 aliphatic rings. The number of nitrogens with zero attached hydrogens (tertiary/aromatic N) is 1. The third kappa shape index (κ3) is 2.62. The lowest BCUT2D eigenvalue weighted by Crippen LogP contribution is -2.41. The smallest absolute Gasteiger partial charge is 0.257 e. The van der Waals surface area contributed by atoms with Crippen LogP contribution in [0.4, 0.5) is 5.69 Å². The maximum Gasteiger partial charge on any atom is 0.257 e. The molecule has 1 aliphatic heterocycles. The zero-order valence-corrected chi connectivity index (χ0v) is 10.5. The number of benzene rings is 1. The summed E-state index contributed by atoms with van der Waals surface area (Å²) >= 11 is 0. The summed E-state index contributed by atoms with van der Waals surface area (Å²) in [7, 11) is 0. The fourth-order valence-electron chi connectivity index (χ4n) is 2.27. The second-order valence-corrected chi connectivity index (χ2v) is 4.71. The Morgan fingerprint density at radius 1 is 1.26 bits per heavy atom. The largest absolute Gasteiger partial charge is 0.505 e. The lowest BCUT2D eigenvalue weighted by molar-refractivity contribution is -0.123. The van der Waals surface area contributed by atoms with Crippen molar-refractivity contribution in [2.75, 3.05) is 18.8 Å². The number of carbonyl (C=O) groups is 2. The number of amides is 2. The Morgan fingerprint density at radius 3 is 2.47 bits per heavy atom. The second-order valence-electron chi connectivity index (χ2n) is 4.71. The Balaban J connectivity index is 2.09. The number of aromatic hydroxyl groups is 1. The number of primary amides is 1. The van der Waals surface area contributed by atoms with Gasteiger partial charge in [-0.25, -0.2) is 0 Å². The van der Waals surface area contributed by atoms with Crippen molar-refractivity contribution in [1.82, 2.24) is 4.90 Å². The van der Waals surface area contributed by atoms with Gasteiger partial charge in [-0.05, 0) is 25.0 Å². The maximum atomic E-state index is 12.2. The first kappa shape index (κ1) is 13.2. The predicted molar refractivity (Wildman–Crippen MR) is 70.3 cm³/mol. The maximum absolute atomic E-state index is 12.2. The fourth-order valence-corrected chi connectivity index (χ4v) is 2.27. The molecule has 1 fully saturated rings. The highest BCUT2D eigenvalue weighted by Crippen LogP contribution is 2.27. The minimum absolute atomic E-state index is 0.168. The summed E-state index contributed by atoms with van der Waals surface area (Å²) in [5, 5.41) is 9.79. The number of phenols is 1. The molecule has 0 radical (unpaired) electrons. The van der Waals surface area contributed by atoms with E-state index in [2.05, 4.69) is 0 Å². The molecule has 0 saturated carbocycles. The van der Waals surface area contributed by atoms with E-state index in [0.717, 1.165) is 0 Å². The second kappa shape index (κ2) is 5.17. The van der Waals surface area contributed by atoms with E-state index in [0.29, 0.717) is 25.9 Å². The number of anilines is 1. The van der Waals surface area contributed by atoms with Crippen LogP contribution in [0.25, 0.3) is 0 Å². The van der Waals surface area contributed by atoms with Crippen molar-refractivity contribution >= 4 is 17.5 Å². The van der Waals surface area contributed by atoms with Gasteiger partial charge in [0.1, 0.15) is 0 Å². The van der Waals surface area contributed by atoms with Crippen LogP contribution in [0.3, 0.4) is 0 Å². The fraction of sp³-hybridized carbons (Fsp3) is 0.385. The summed E-state index contributed by atoms with van der Waals surface area (Å²) in [6, 6.07) is 4.69. The van der Waals surface area contributed by atoms with Crippen molar-refractivity contribution in [2.24, 2.45) is 11.7 Å². The van der Waals surface area contributed by atoms with Gasteiger partial charge >= 0.3 is 0 Å². The van der Waals surface area contributed by atoms with E-state index in [9.17, 15) is 14.7 Å². The molecule has 102 valence electrons. The summed E-state index contributed by atoms with van der Waals surface area (Å²) in [6.45, 7) is 0.918. The minimum atomic E-state index is -0.320. The quantitative estimate of drug-likeness (QED) is 0.527. The number of phenolic OH excluding ortho intramolecular Hbond substituents is 1. The van der Waals surface area contributed by atoms with Gasteiger partial charge in [0.05, 0.1) is 11.3 Å². The Morgan fingerprint density at radius 2 is 1.89 bits per heavy atom. The number of piperidine rings is 1. The number of hydrogen-bond donors (Lipinski definition) is 3.